The molecule has 1 nitrogen and oxygen atoms in total. The van der Waals surface area contributed by atoms with Gasteiger partial charge in [-0.05, 0) is 6.42 Å². The zero-order valence-corrected chi connectivity index (χ0v) is 5.65. The monoisotopic (exact) mass is 103 g/mol. The number of ether oxygens (including phenoxy) is 1. The maximum Gasteiger partial charge on any atom is 0.0458 e. The van der Waals surface area contributed by atoms with Crippen molar-refractivity contribution in [2.24, 2.45) is 0 Å². The second-order valence-electron chi connectivity index (χ2n) is 1.11. The molecule has 0 aromatic heterocycles. The lowest BCUT2D eigenvalue weighted by atomic mass is 10.5. The summed E-state index contributed by atoms with van der Waals surface area (Å²) in [4.78, 5) is 0. The zero-order chi connectivity index (χ0) is 4.83. The fourth-order valence-electron chi connectivity index (χ4n) is 0.246. The summed E-state index contributed by atoms with van der Waals surface area (Å²) in [5, 5.41) is 0. The van der Waals surface area contributed by atoms with Crippen LogP contribution in [0.3, 0.4) is 0 Å². The van der Waals surface area contributed by atoms with Crippen LogP contribution in [0.25, 0.3) is 0 Å². The molecule has 6 heavy (non-hydrogen) atoms. The SMILES string of the molecule is CCCOC[SiH2]. The quantitative estimate of drug-likeness (QED) is 0.361. The van der Waals surface area contributed by atoms with Gasteiger partial charge in [0.1, 0.15) is 0 Å². The molecule has 0 N–H and O–H groups in total. The molecule has 0 aliphatic rings. The van der Waals surface area contributed by atoms with E-state index in [1.54, 1.807) is 0 Å². The van der Waals surface area contributed by atoms with Crippen molar-refractivity contribution in [1.82, 2.24) is 0 Å². The Morgan fingerprint density at radius 3 is 2.50 bits per heavy atom. The minimum Gasteiger partial charge on any atom is -0.386 e. The molecule has 0 atom stereocenters. The summed E-state index contributed by atoms with van der Waals surface area (Å²) in [7, 11) is 1.84. The van der Waals surface area contributed by atoms with Crippen molar-refractivity contribution >= 4 is 10.2 Å². The molecule has 0 aromatic carbocycles. The van der Waals surface area contributed by atoms with Gasteiger partial charge in [0.05, 0.1) is 0 Å². The Labute approximate surface area is 42.1 Å². The van der Waals surface area contributed by atoms with Gasteiger partial charge in [-0.1, -0.05) is 6.92 Å². The lowest BCUT2D eigenvalue weighted by molar-refractivity contribution is 0.179. The lowest BCUT2D eigenvalue weighted by Gasteiger charge is -1.91. The third-order valence-electron chi connectivity index (χ3n) is 0.493. The van der Waals surface area contributed by atoms with Crippen molar-refractivity contribution in [3.8, 4) is 0 Å². The molecule has 0 aromatic rings. The van der Waals surface area contributed by atoms with E-state index in [1.807, 2.05) is 10.2 Å². The topological polar surface area (TPSA) is 9.23 Å². The van der Waals surface area contributed by atoms with Gasteiger partial charge < -0.3 is 4.74 Å². The molecule has 0 saturated heterocycles. The highest BCUT2D eigenvalue weighted by atomic mass is 28.1. The molecule has 0 rings (SSSR count). The molecule has 2 heteroatoms. The predicted molar refractivity (Wildman–Crippen MR) is 29.7 cm³/mol. The van der Waals surface area contributed by atoms with E-state index in [4.69, 9.17) is 4.74 Å². The highest BCUT2D eigenvalue weighted by Gasteiger charge is 1.72. The molecule has 0 heterocycles. The van der Waals surface area contributed by atoms with Crippen molar-refractivity contribution in [2.45, 2.75) is 13.3 Å². The summed E-state index contributed by atoms with van der Waals surface area (Å²) in [5.41, 5.74) is 0. The minimum absolute atomic E-state index is 0.883. The second kappa shape index (κ2) is 5.18. The standard InChI is InChI=1S/C4H11OSi/c1-2-3-5-4-6/h2-4,6H2,1H3. The Bertz CT molecular complexity index is 19.5. The summed E-state index contributed by atoms with van der Waals surface area (Å²) in [6.07, 6.45) is 2.02. The molecule has 0 unspecified atom stereocenters. The largest absolute Gasteiger partial charge is 0.386 e. The zero-order valence-electron chi connectivity index (χ0n) is 4.24. The van der Waals surface area contributed by atoms with Crippen molar-refractivity contribution in [3.05, 3.63) is 0 Å². The van der Waals surface area contributed by atoms with Gasteiger partial charge in [-0.25, -0.2) is 0 Å². The Morgan fingerprint density at radius 2 is 2.33 bits per heavy atom. The Balaban J connectivity index is 2.34. The lowest BCUT2D eigenvalue weighted by Crippen LogP contribution is -1.92. The first-order valence-electron chi connectivity index (χ1n) is 2.28. The second-order valence-corrected chi connectivity index (χ2v) is 1.52. The van der Waals surface area contributed by atoms with Crippen molar-refractivity contribution in [3.63, 3.8) is 0 Å². The first-order valence-corrected chi connectivity index (χ1v) is 3.28. The van der Waals surface area contributed by atoms with Gasteiger partial charge in [0.15, 0.2) is 0 Å². The maximum absolute atomic E-state index is 4.99. The van der Waals surface area contributed by atoms with E-state index in [9.17, 15) is 0 Å². The smallest absolute Gasteiger partial charge is 0.0458 e. The number of hydrogen-bond donors (Lipinski definition) is 0. The van der Waals surface area contributed by atoms with Crippen LogP contribution in [0, 0.1) is 0 Å². The third kappa shape index (κ3) is 4.18. The summed E-state index contributed by atoms with van der Waals surface area (Å²) in [6, 6.07) is 0. The highest BCUT2D eigenvalue weighted by molar-refractivity contribution is 6.08. The number of rotatable bonds is 3. The van der Waals surface area contributed by atoms with Crippen LogP contribution < -0.4 is 0 Å². The molecule has 0 saturated carbocycles. The van der Waals surface area contributed by atoms with Gasteiger partial charge in [-0.3, -0.25) is 0 Å². The van der Waals surface area contributed by atoms with Crippen LogP contribution in [0.4, 0.5) is 0 Å². The molecule has 0 amide bonds. The molecule has 0 fully saturated rings. The summed E-state index contributed by atoms with van der Waals surface area (Å²) in [5.74, 6) is 0. The van der Waals surface area contributed by atoms with Crippen LogP contribution in [0.15, 0.2) is 0 Å². The van der Waals surface area contributed by atoms with E-state index in [2.05, 4.69) is 6.92 Å². The Hall–Kier alpha value is 0.177. The minimum atomic E-state index is 0.883. The molecule has 37 valence electrons. The van der Waals surface area contributed by atoms with Crippen LogP contribution in [0.1, 0.15) is 13.3 Å². The summed E-state index contributed by atoms with van der Waals surface area (Å²) in [6.45, 7) is 3.03. The van der Waals surface area contributed by atoms with Gasteiger partial charge in [-0.15, -0.1) is 0 Å². The summed E-state index contributed by atoms with van der Waals surface area (Å²) >= 11 is 0. The van der Waals surface area contributed by atoms with Crippen molar-refractivity contribution in [1.29, 1.82) is 0 Å². The van der Waals surface area contributed by atoms with E-state index < -0.39 is 0 Å². The summed E-state index contributed by atoms with van der Waals surface area (Å²) < 4.78 is 4.99. The third-order valence-corrected chi connectivity index (χ3v) is 0.781. The van der Waals surface area contributed by atoms with Crippen molar-refractivity contribution < 1.29 is 4.74 Å². The van der Waals surface area contributed by atoms with Crippen molar-refractivity contribution in [2.75, 3.05) is 12.8 Å². The first kappa shape index (κ1) is 6.18. The van der Waals surface area contributed by atoms with Gasteiger partial charge in [0.25, 0.3) is 0 Å². The molecule has 0 aliphatic carbocycles. The molecular formula is C4H11OSi. The molecule has 0 spiro atoms. The maximum atomic E-state index is 4.99. The van der Waals surface area contributed by atoms with E-state index in [0.717, 1.165) is 19.3 Å². The molecule has 1 radical (unpaired) electrons. The average molecular weight is 103 g/mol. The van der Waals surface area contributed by atoms with Gasteiger partial charge in [0.2, 0.25) is 0 Å². The fraction of sp³-hybridized carbons (Fsp3) is 1.00. The molecular weight excluding hydrogens is 92.1 g/mol. The van der Waals surface area contributed by atoms with Crippen LogP contribution in [0.2, 0.25) is 0 Å². The number of hydrogen-bond acceptors (Lipinski definition) is 1. The Kier molecular flexibility index (Phi) is 5.33. The predicted octanol–water partition coefficient (Wildman–Crippen LogP) is 0.00360. The van der Waals surface area contributed by atoms with Crippen LogP contribution in [-0.4, -0.2) is 23.1 Å². The average Bonchev–Trinajstić information content (AvgIpc) is 1.61. The van der Waals surface area contributed by atoms with Crippen LogP contribution in [-0.2, 0) is 4.74 Å². The van der Waals surface area contributed by atoms with E-state index in [-0.39, 0.29) is 0 Å². The molecule has 0 bridgehead atoms. The van der Waals surface area contributed by atoms with E-state index >= 15 is 0 Å². The van der Waals surface area contributed by atoms with Gasteiger partial charge in [-0.2, -0.15) is 0 Å². The normalized spacial score (nSPS) is 9.00. The van der Waals surface area contributed by atoms with E-state index in [1.165, 1.54) is 0 Å². The van der Waals surface area contributed by atoms with Gasteiger partial charge >= 0.3 is 0 Å². The van der Waals surface area contributed by atoms with Gasteiger partial charge in [0, 0.05) is 23.1 Å². The Morgan fingerprint density at radius 1 is 1.67 bits per heavy atom. The first-order chi connectivity index (χ1) is 2.91. The van der Waals surface area contributed by atoms with E-state index in [0.29, 0.717) is 0 Å². The molecule has 0 aliphatic heterocycles. The van der Waals surface area contributed by atoms with Crippen LogP contribution >= 0.6 is 0 Å². The van der Waals surface area contributed by atoms with Crippen LogP contribution in [0.5, 0.6) is 0 Å². The fourth-order valence-corrected chi connectivity index (χ4v) is 0.451. The highest BCUT2D eigenvalue weighted by Crippen LogP contribution is 1.74.